The van der Waals surface area contributed by atoms with Gasteiger partial charge in [-0.05, 0) is 37.6 Å². The van der Waals surface area contributed by atoms with Crippen LogP contribution in [0.1, 0.15) is 27.2 Å². The van der Waals surface area contributed by atoms with Gasteiger partial charge in [0.05, 0.1) is 10.7 Å². The molecule has 0 radical (unpaired) electrons. The van der Waals surface area contributed by atoms with E-state index in [-0.39, 0.29) is 6.04 Å². The van der Waals surface area contributed by atoms with Gasteiger partial charge in [-0.25, -0.2) is 4.98 Å². The number of halogens is 2. The summed E-state index contributed by atoms with van der Waals surface area (Å²) in [6.45, 7) is 4.10. The Balaban J connectivity index is 2.21. The van der Waals surface area contributed by atoms with Gasteiger partial charge >= 0.3 is 0 Å². The van der Waals surface area contributed by atoms with Crippen molar-refractivity contribution in [3.05, 3.63) is 48.8 Å². The zero-order valence-electron chi connectivity index (χ0n) is 10.2. The van der Waals surface area contributed by atoms with Crippen molar-refractivity contribution in [1.82, 2.24) is 4.98 Å². The van der Waals surface area contributed by atoms with E-state index >= 15 is 0 Å². The van der Waals surface area contributed by atoms with Crippen LogP contribution in [0.4, 0.5) is 0 Å². The topological polar surface area (TPSA) is 38.9 Å². The fourth-order valence-corrected chi connectivity index (χ4v) is 3.35. The highest BCUT2D eigenvalue weighted by atomic mass is 79.9. The van der Waals surface area contributed by atoms with Crippen molar-refractivity contribution < 1.29 is 0 Å². The van der Waals surface area contributed by atoms with Gasteiger partial charge in [-0.3, -0.25) is 0 Å². The second kappa shape index (κ2) is 5.70. The highest BCUT2D eigenvalue weighted by Crippen LogP contribution is 2.28. The van der Waals surface area contributed by atoms with E-state index < -0.39 is 0 Å². The summed E-state index contributed by atoms with van der Waals surface area (Å²) in [6, 6.07) is 5.62. The molecule has 0 saturated carbocycles. The van der Waals surface area contributed by atoms with E-state index in [0.29, 0.717) is 5.02 Å². The highest BCUT2D eigenvalue weighted by molar-refractivity contribution is 9.10. The van der Waals surface area contributed by atoms with Gasteiger partial charge in [0, 0.05) is 26.8 Å². The molecule has 1 heterocycles. The van der Waals surface area contributed by atoms with Crippen LogP contribution < -0.4 is 5.73 Å². The smallest absolute Gasteiger partial charge is 0.0949 e. The summed E-state index contributed by atoms with van der Waals surface area (Å²) in [5, 5.41) is 1.77. The molecule has 18 heavy (non-hydrogen) atoms. The van der Waals surface area contributed by atoms with Gasteiger partial charge in [0.25, 0.3) is 0 Å². The molecule has 1 aromatic carbocycles. The van der Waals surface area contributed by atoms with Crippen molar-refractivity contribution in [1.29, 1.82) is 0 Å². The van der Waals surface area contributed by atoms with Gasteiger partial charge in [0.2, 0.25) is 0 Å². The first kappa shape index (κ1) is 14.0. The minimum Gasteiger partial charge on any atom is -0.324 e. The lowest BCUT2D eigenvalue weighted by Gasteiger charge is -2.12. The lowest BCUT2D eigenvalue weighted by atomic mass is 10.1. The molecular formula is C13H14BrClN2S. The van der Waals surface area contributed by atoms with Crippen LogP contribution in [0.2, 0.25) is 5.02 Å². The number of thiazole rings is 1. The van der Waals surface area contributed by atoms with Crippen LogP contribution in [-0.4, -0.2) is 4.98 Å². The van der Waals surface area contributed by atoms with Crippen LogP contribution in [0.3, 0.4) is 0 Å². The minimum atomic E-state index is -0.125. The van der Waals surface area contributed by atoms with E-state index in [1.54, 1.807) is 11.3 Å². The third-order valence-electron chi connectivity index (χ3n) is 2.82. The van der Waals surface area contributed by atoms with Crippen LogP contribution in [0.5, 0.6) is 0 Å². The van der Waals surface area contributed by atoms with E-state index in [1.165, 1.54) is 4.88 Å². The summed E-state index contributed by atoms with van der Waals surface area (Å²) in [4.78, 5) is 5.76. The Morgan fingerprint density at radius 2 is 2.17 bits per heavy atom. The van der Waals surface area contributed by atoms with Crippen LogP contribution in [0, 0.1) is 13.8 Å². The van der Waals surface area contributed by atoms with Crippen LogP contribution >= 0.6 is 38.9 Å². The molecule has 0 bridgehead atoms. The monoisotopic (exact) mass is 344 g/mol. The molecule has 96 valence electrons. The largest absolute Gasteiger partial charge is 0.324 e. The molecule has 0 saturated heterocycles. The zero-order chi connectivity index (χ0) is 13.3. The fraction of sp³-hybridized carbons (Fsp3) is 0.308. The Hall–Kier alpha value is -0.420. The number of nitrogens with two attached hydrogens (primary N) is 1. The average molecular weight is 346 g/mol. The highest BCUT2D eigenvalue weighted by Gasteiger charge is 2.14. The first-order valence-corrected chi connectivity index (χ1v) is 7.59. The molecular weight excluding hydrogens is 332 g/mol. The molecule has 2 rings (SSSR count). The van der Waals surface area contributed by atoms with Crippen molar-refractivity contribution in [2.45, 2.75) is 26.3 Å². The Morgan fingerprint density at radius 1 is 1.44 bits per heavy atom. The molecule has 0 spiro atoms. The lowest BCUT2D eigenvalue weighted by molar-refractivity contribution is 0.716. The summed E-state index contributed by atoms with van der Waals surface area (Å²) >= 11 is 11.3. The summed E-state index contributed by atoms with van der Waals surface area (Å²) in [7, 11) is 0. The molecule has 1 aromatic heterocycles. The predicted octanol–water partition coefficient (Wildman–Crippen LogP) is 4.42. The van der Waals surface area contributed by atoms with Gasteiger partial charge in [-0.1, -0.05) is 27.5 Å². The fourth-order valence-electron chi connectivity index (χ4n) is 1.72. The molecule has 1 unspecified atom stereocenters. The van der Waals surface area contributed by atoms with Crippen molar-refractivity contribution in [2.75, 3.05) is 0 Å². The summed E-state index contributed by atoms with van der Waals surface area (Å²) in [6.07, 6.45) is 0.718. The van der Waals surface area contributed by atoms with Gasteiger partial charge in [-0.15, -0.1) is 11.3 Å². The Labute approximate surface area is 124 Å². The van der Waals surface area contributed by atoms with Crippen molar-refractivity contribution in [3.8, 4) is 0 Å². The van der Waals surface area contributed by atoms with Crippen LogP contribution in [-0.2, 0) is 6.42 Å². The van der Waals surface area contributed by atoms with E-state index in [4.69, 9.17) is 17.3 Å². The average Bonchev–Trinajstić information content (AvgIpc) is 2.61. The Bertz CT molecular complexity index is 549. The second-order valence-electron chi connectivity index (χ2n) is 4.23. The Morgan fingerprint density at radius 3 is 2.78 bits per heavy atom. The first-order valence-electron chi connectivity index (χ1n) is 5.61. The summed E-state index contributed by atoms with van der Waals surface area (Å²) in [5.74, 6) is 0. The minimum absolute atomic E-state index is 0.125. The number of aryl methyl sites for hydroxylation is 2. The molecule has 2 aromatic rings. The number of aromatic nitrogens is 1. The number of hydrogen-bond donors (Lipinski definition) is 1. The quantitative estimate of drug-likeness (QED) is 0.894. The maximum Gasteiger partial charge on any atom is 0.0949 e. The third kappa shape index (κ3) is 3.12. The standard InChI is InChI=1S/C13H14BrClN2S/c1-7-8(2)18-13(17-7)6-12(16)10-5-9(14)3-4-11(10)15/h3-5,12H,6,16H2,1-2H3. The van der Waals surface area contributed by atoms with Crippen LogP contribution in [0.15, 0.2) is 22.7 Å². The molecule has 2 N–H and O–H groups in total. The van der Waals surface area contributed by atoms with Crippen molar-refractivity contribution >= 4 is 38.9 Å². The molecule has 0 amide bonds. The van der Waals surface area contributed by atoms with Crippen molar-refractivity contribution in [2.24, 2.45) is 5.73 Å². The molecule has 0 aliphatic carbocycles. The van der Waals surface area contributed by atoms with Crippen molar-refractivity contribution in [3.63, 3.8) is 0 Å². The van der Waals surface area contributed by atoms with E-state index in [0.717, 1.165) is 27.2 Å². The summed E-state index contributed by atoms with van der Waals surface area (Å²) in [5.41, 5.74) is 8.26. The predicted molar refractivity (Wildman–Crippen MR) is 81.4 cm³/mol. The zero-order valence-corrected chi connectivity index (χ0v) is 13.4. The second-order valence-corrected chi connectivity index (χ2v) is 6.84. The van der Waals surface area contributed by atoms with E-state index in [1.807, 2.05) is 25.1 Å². The molecule has 1 atom stereocenters. The lowest BCUT2D eigenvalue weighted by Crippen LogP contribution is -2.13. The van der Waals surface area contributed by atoms with E-state index in [9.17, 15) is 0 Å². The maximum absolute atomic E-state index is 6.22. The van der Waals surface area contributed by atoms with E-state index in [2.05, 4.69) is 27.8 Å². The van der Waals surface area contributed by atoms with Gasteiger partial charge in [-0.2, -0.15) is 0 Å². The van der Waals surface area contributed by atoms with Gasteiger partial charge < -0.3 is 5.73 Å². The molecule has 0 aliphatic heterocycles. The molecule has 2 nitrogen and oxygen atoms in total. The maximum atomic E-state index is 6.22. The Kier molecular flexibility index (Phi) is 4.43. The van der Waals surface area contributed by atoms with Crippen LogP contribution in [0.25, 0.3) is 0 Å². The molecule has 5 heteroatoms. The molecule has 0 fully saturated rings. The number of hydrogen-bond acceptors (Lipinski definition) is 3. The molecule has 0 aliphatic rings. The van der Waals surface area contributed by atoms with Gasteiger partial charge in [0.1, 0.15) is 0 Å². The third-order valence-corrected chi connectivity index (χ3v) is 4.76. The SMILES string of the molecule is Cc1nc(CC(N)c2cc(Br)ccc2Cl)sc1C. The summed E-state index contributed by atoms with van der Waals surface area (Å²) < 4.78 is 0.990. The number of rotatable bonds is 3. The van der Waals surface area contributed by atoms with Gasteiger partial charge in [0.15, 0.2) is 0 Å². The number of nitrogens with zero attached hydrogens (tertiary/aromatic N) is 1. The number of benzene rings is 1. The normalized spacial score (nSPS) is 12.7. The first-order chi connectivity index (χ1) is 8.47.